The van der Waals surface area contributed by atoms with Gasteiger partial charge in [-0.1, -0.05) is 29.5 Å². The van der Waals surface area contributed by atoms with E-state index in [2.05, 4.69) is 20.3 Å². The summed E-state index contributed by atoms with van der Waals surface area (Å²) >= 11 is 0. The van der Waals surface area contributed by atoms with Crippen LogP contribution < -0.4 is 9.47 Å². The van der Waals surface area contributed by atoms with Gasteiger partial charge in [0.15, 0.2) is 0 Å². The third-order valence-electron chi connectivity index (χ3n) is 4.61. The van der Waals surface area contributed by atoms with Gasteiger partial charge >= 0.3 is 5.97 Å². The molecule has 0 fully saturated rings. The Balaban J connectivity index is 1.61. The monoisotopic (exact) mass is 431 g/mol. The summed E-state index contributed by atoms with van der Waals surface area (Å²) in [4.78, 5) is 20.5. The van der Waals surface area contributed by atoms with Gasteiger partial charge in [-0.15, -0.1) is 5.10 Å². The summed E-state index contributed by atoms with van der Waals surface area (Å²) in [5.41, 5.74) is 2.78. The Labute approximate surface area is 184 Å². The van der Waals surface area contributed by atoms with E-state index in [4.69, 9.17) is 14.2 Å². The first-order chi connectivity index (χ1) is 15.7. The molecule has 0 bridgehead atoms. The van der Waals surface area contributed by atoms with E-state index in [0.29, 0.717) is 12.3 Å². The molecule has 4 aromatic rings. The van der Waals surface area contributed by atoms with E-state index in [9.17, 15) is 4.79 Å². The summed E-state index contributed by atoms with van der Waals surface area (Å²) in [7, 11) is 1.61. The smallest absolute Gasteiger partial charge is 0.364 e. The van der Waals surface area contributed by atoms with Crippen LogP contribution in [0.3, 0.4) is 0 Å². The number of carbonyl (C=O) groups is 1. The maximum Gasteiger partial charge on any atom is 0.364 e. The number of carbonyl (C=O) groups excluding carboxylic acids is 1. The van der Waals surface area contributed by atoms with Gasteiger partial charge in [0.1, 0.15) is 17.8 Å². The molecule has 0 atom stereocenters. The van der Waals surface area contributed by atoms with Crippen LogP contribution in [0.2, 0.25) is 0 Å². The Morgan fingerprint density at radius 3 is 2.28 bits per heavy atom. The van der Waals surface area contributed by atoms with Crippen LogP contribution in [-0.2, 0) is 11.3 Å². The minimum Gasteiger partial charge on any atom is -0.497 e. The topological polar surface area (TPSA) is 101 Å². The Kier molecular flexibility index (Phi) is 6.35. The van der Waals surface area contributed by atoms with Crippen LogP contribution in [0.25, 0.3) is 11.1 Å². The van der Waals surface area contributed by atoms with Gasteiger partial charge in [-0.05, 0) is 42.3 Å². The van der Waals surface area contributed by atoms with Crippen LogP contribution >= 0.6 is 0 Å². The Hall–Kier alpha value is -4.27. The third-order valence-corrected chi connectivity index (χ3v) is 4.61. The molecule has 4 rings (SSSR count). The number of rotatable bonds is 8. The largest absolute Gasteiger partial charge is 0.497 e. The Morgan fingerprint density at radius 2 is 1.62 bits per heavy atom. The maximum atomic E-state index is 12.4. The molecule has 0 radical (unpaired) electrons. The molecule has 0 aliphatic carbocycles. The first-order valence-electron chi connectivity index (χ1n) is 9.94. The third kappa shape index (κ3) is 4.72. The van der Waals surface area contributed by atoms with Crippen molar-refractivity contribution in [2.45, 2.75) is 13.5 Å². The minimum absolute atomic E-state index is 0.0147. The van der Waals surface area contributed by atoms with Crippen LogP contribution in [0.1, 0.15) is 23.0 Å². The average Bonchev–Trinajstić information content (AvgIpc) is 3.23. The van der Waals surface area contributed by atoms with Crippen molar-refractivity contribution in [3.05, 3.63) is 78.5 Å². The number of nitrogens with zero attached hydrogens (tertiary/aromatic N) is 5. The predicted molar refractivity (Wildman–Crippen MR) is 116 cm³/mol. The quantitative estimate of drug-likeness (QED) is 0.389. The molecule has 0 unspecified atom stereocenters. The number of methoxy groups -OCH3 is 1. The number of hydrogen-bond donors (Lipinski definition) is 0. The molecule has 9 nitrogen and oxygen atoms in total. The van der Waals surface area contributed by atoms with Gasteiger partial charge in [0.05, 0.1) is 20.3 Å². The lowest BCUT2D eigenvalue weighted by atomic mass is 10.1. The molecule has 2 aromatic carbocycles. The van der Waals surface area contributed by atoms with Crippen LogP contribution in [0.4, 0.5) is 0 Å². The summed E-state index contributed by atoms with van der Waals surface area (Å²) in [6.45, 7) is 2.30. The first kappa shape index (κ1) is 21.0. The molecule has 0 amide bonds. The van der Waals surface area contributed by atoms with Gasteiger partial charge in [0.25, 0.3) is 5.88 Å². The molecule has 2 aromatic heterocycles. The van der Waals surface area contributed by atoms with E-state index < -0.39 is 5.97 Å². The van der Waals surface area contributed by atoms with Crippen molar-refractivity contribution in [3.63, 3.8) is 0 Å². The Morgan fingerprint density at radius 1 is 0.938 bits per heavy atom. The zero-order valence-corrected chi connectivity index (χ0v) is 17.6. The minimum atomic E-state index is -0.596. The molecule has 0 N–H and O–H groups in total. The van der Waals surface area contributed by atoms with Gasteiger partial charge in [-0.2, -0.15) is 0 Å². The lowest BCUT2D eigenvalue weighted by Crippen LogP contribution is -2.09. The highest BCUT2D eigenvalue weighted by Gasteiger charge is 2.23. The lowest BCUT2D eigenvalue weighted by Gasteiger charge is -2.11. The zero-order valence-electron chi connectivity index (χ0n) is 17.6. The number of hydrogen-bond acceptors (Lipinski definition) is 8. The van der Waals surface area contributed by atoms with Crippen LogP contribution in [-0.4, -0.2) is 44.6 Å². The molecule has 0 saturated heterocycles. The van der Waals surface area contributed by atoms with Crippen molar-refractivity contribution in [1.82, 2.24) is 25.0 Å². The highest BCUT2D eigenvalue weighted by atomic mass is 16.5. The molecule has 32 heavy (non-hydrogen) atoms. The highest BCUT2D eigenvalue weighted by Crippen LogP contribution is 2.28. The fourth-order valence-corrected chi connectivity index (χ4v) is 3.02. The average molecular weight is 431 g/mol. The second-order valence-electron chi connectivity index (χ2n) is 6.72. The van der Waals surface area contributed by atoms with Crippen molar-refractivity contribution in [1.29, 1.82) is 0 Å². The van der Waals surface area contributed by atoms with Crippen LogP contribution in [0, 0.1) is 0 Å². The van der Waals surface area contributed by atoms with E-state index >= 15 is 0 Å². The molecular formula is C23H21N5O4. The second kappa shape index (κ2) is 9.69. The van der Waals surface area contributed by atoms with Gasteiger partial charge in [-0.25, -0.2) is 19.4 Å². The molecule has 162 valence electrons. The first-order valence-corrected chi connectivity index (χ1v) is 9.94. The molecule has 2 heterocycles. The van der Waals surface area contributed by atoms with Crippen molar-refractivity contribution in [2.75, 3.05) is 13.7 Å². The molecule has 0 aliphatic heterocycles. The maximum absolute atomic E-state index is 12.4. The van der Waals surface area contributed by atoms with Gasteiger partial charge in [0.2, 0.25) is 5.69 Å². The summed E-state index contributed by atoms with van der Waals surface area (Å²) in [5.74, 6) is 0.881. The SMILES string of the molecule is CCOC(=O)c1nnn(Cc2ccc(OC)cc2)c1Oc1ccc(-c2cncnc2)cc1. The van der Waals surface area contributed by atoms with Crippen molar-refractivity contribution in [2.24, 2.45) is 0 Å². The molecule has 0 aliphatic rings. The summed E-state index contributed by atoms with van der Waals surface area (Å²) in [5, 5.41) is 8.11. The number of benzene rings is 2. The Bertz CT molecular complexity index is 1180. The number of esters is 1. The van der Waals surface area contributed by atoms with Crippen molar-refractivity contribution in [3.8, 4) is 28.5 Å². The second-order valence-corrected chi connectivity index (χ2v) is 6.72. The molecule has 0 saturated carbocycles. The lowest BCUT2D eigenvalue weighted by molar-refractivity contribution is 0.0516. The van der Waals surface area contributed by atoms with Gasteiger partial charge in [0, 0.05) is 18.0 Å². The number of aromatic nitrogens is 5. The van der Waals surface area contributed by atoms with E-state index in [0.717, 1.165) is 22.4 Å². The van der Waals surface area contributed by atoms with E-state index in [1.54, 1.807) is 38.6 Å². The molecular weight excluding hydrogens is 410 g/mol. The van der Waals surface area contributed by atoms with E-state index in [-0.39, 0.29) is 18.2 Å². The predicted octanol–water partition coefficient (Wildman–Crippen LogP) is 3.76. The highest BCUT2D eigenvalue weighted by molar-refractivity contribution is 5.89. The van der Waals surface area contributed by atoms with E-state index in [1.807, 2.05) is 36.4 Å². The number of ether oxygens (including phenoxy) is 3. The van der Waals surface area contributed by atoms with Crippen molar-refractivity contribution < 1.29 is 19.0 Å². The summed E-state index contributed by atoms with van der Waals surface area (Å²) < 4.78 is 17.9. The molecule has 9 heteroatoms. The fraction of sp³-hybridized carbons (Fsp3) is 0.174. The van der Waals surface area contributed by atoms with Crippen LogP contribution in [0.15, 0.2) is 67.3 Å². The summed E-state index contributed by atoms with van der Waals surface area (Å²) in [6.07, 6.45) is 4.94. The van der Waals surface area contributed by atoms with E-state index in [1.165, 1.54) is 11.0 Å². The normalized spacial score (nSPS) is 10.6. The van der Waals surface area contributed by atoms with Gasteiger partial charge in [-0.3, -0.25) is 0 Å². The standard InChI is InChI=1S/C23H21N5O4/c1-3-31-23(29)21-22(28(27-26-21)14-16-4-8-19(30-2)9-5-16)32-20-10-6-17(7-11-20)18-12-24-15-25-13-18/h4-13,15H,3,14H2,1-2H3. The van der Waals surface area contributed by atoms with Gasteiger partial charge < -0.3 is 14.2 Å². The molecule has 0 spiro atoms. The zero-order chi connectivity index (χ0) is 22.3. The van der Waals surface area contributed by atoms with Crippen molar-refractivity contribution >= 4 is 5.97 Å². The van der Waals surface area contributed by atoms with Crippen LogP contribution in [0.5, 0.6) is 17.4 Å². The fourth-order valence-electron chi connectivity index (χ4n) is 3.02. The summed E-state index contributed by atoms with van der Waals surface area (Å²) in [6, 6.07) is 14.9.